The van der Waals surface area contributed by atoms with Crippen molar-refractivity contribution in [3.8, 4) is 0 Å². The summed E-state index contributed by atoms with van der Waals surface area (Å²) in [5, 5.41) is 21.5. The molecule has 1 heterocycles. The molecule has 2 aliphatic rings. The molecule has 0 unspecified atom stereocenters. The molecule has 2 atom stereocenters. The largest absolute Gasteiger partial charge is 0.379 e. The van der Waals surface area contributed by atoms with Crippen LogP contribution in [-0.2, 0) is 10.4 Å². The van der Waals surface area contributed by atoms with Crippen LogP contribution in [0.25, 0.3) is 0 Å². The molecule has 19 heavy (non-hydrogen) atoms. The number of hydrogen-bond donors (Lipinski definition) is 2. The molecular formula is C14H15NO4. The molecule has 5 nitrogen and oxygen atoms in total. The second kappa shape index (κ2) is 3.65. The van der Waals surface area contributed by atoms with Crippen LogP contribution in [0.2, 0.25) is 0 Å². The first-order valence-electron chi connectivity index (χ1n) is 6.36. The first-order valence-corrected chi connectivity index (χ1v) is 6.36. The van der Waals surface area contributed by atoms with Crippen LogP contribution in [0.4, 0.5) is 0 Å². The molecule has 1 fully saturated rings. The summed E-state index contributed by atoms with van der Waals surface area (Å²) in [6, 6.07) is 6.52. The van der Waals surface area contributed by atoms with E-state index in [0.29, 0.717) is 17.5 Å². The summed E-state index contributed by atoms with van der Waals surface area (Å²) in [7, 11) is 0. The normalized spacial score (nSPS) is 32.7. The summed E-state index contributed by atoms with van der Waals surface area (Å²) >= 11 is 0. The molecular weight excluding hydrogens is 246 g/mol. The Hall–Kier alpha value is -1.72. The zero-order valence-electron chi connectivity index (χ0n) is 10.6. The van der Waals surface area contributed by atoms with Crippen LogP contribution >= 0.6 is 0 Å². The fourth-order valence-corrected chi connectivity index (χ4v) is 3.17. The Bertz CT molecular complexity index is 585. The van der Waals surface area contributed by atoms with Gasteiger partial charge in [0.15, 0.2) is 5.60 Å². The van der Waals surface area contributed by atoms with Crippen LogP contribution in [0.15, 0.2) is 24.3 Å². The SMILES string of the molecule is CCCN1C(=O)C[C@@]2(O)c3ccccc3C(=O)[C@@]12O. The van der Waals surface area contributed by atoms with Crippen LogP contribution in [0.1, 0.15) is 35.7 Å². The minimum Gasteiger partial charge on any atom is -0.379 e. The van der Waals surface area contributed by atoms with Crippen molar-refractivity contribution in [1.29, 1.82) is 0 Å². The standard InChI is InChI=1S/C14H15NO4/c1-2-7-15-11(16)8-13(18)10-6-4-3-5-9(10)12(17)14(13,15)19/h3-6,18-19H,2,7-8H2,1H3/t13-,14+/m1/s1. The number of amides is 1. The molecule has 1 aliphatic heterocycles. The third kappa shape index (κ3) is 1.21. The lowest BCUT2D eigenvalue weighted by Gasteiger charge is -2.35. The topological polar surface area (TPSA) is 77.8 Å². The average Bonchev–Trinajstić information content (AvgIpc) is 2.69. The number of ketones is 1. The second-order valence-corrected chi connectivity index (χ2v) is 5.13. The van der Waals surface area contributed by atoms with Crippen molar-refractivity contribution in [3.63, 3.8) is 0 Å². The van der Waals surface area contributed by atoms with E-state index in [4.69, 9.17) is 0 Å². The maximum Gasteiger partial charge on any atom is 0.239 e. The number of hydrogen-bond acceptors (Lipinski definition) is 4. The van der Waals surface area contributed by atoms with Crippen LogP contribution in [-0.4, -0.2) is 39.1 Å². The van der Waals surface area contributed by atoms with E-state index >= 15 is 0 Å². The van der Waals surface area contributed by atoms with Crippen molar-refractivity contribution in [2.24, 2.45) is 0 Å². The van der Waals surface area contributed by atoms with Crippen molar-refractivity contribution in [2.75, 3.05) is 6.54 Å². The lowest BCUT2D eigenvalue weighted by Crippen LogP contribution is -2.58. The van der Waals surface area contributed by atoms with Crippen LogP contribution < -0.4 is 0 Å². The van der Waals surface area contributed by atoms with E-state index in [1.807, 2.05) is 6.92 Å². The van der Waals surface area contributed by atoms with Crippen LogP contribution in [0.5, 0.6) is 0 Å². The van der Waals surface area contributed by atoms with E-state index in [1.165, 1.54) is 0 Å². The summed E-state index contributed by atoms with van der Waals surface area (Å²) in [6.07, 6.45) is 0.347. The van der Waals surface area contributed by atoms with E-state index in [9.17, 15) is 19.8 Å². The van der Waals surface area contributed by atoms with Gasteiger partial charge in [0.25, 0.3) is 0 Å². The molecule has 3 rings (SSSR count). The summed E-state index contributed by atoms with van der Waals surface area (Å²) in [5.74, 6) is -0.986. The van der Waals surface area contributed by atoms with Crippen molar-refractivity contribution in [1.82, 2.24) is 4.90 Å². The number of nitrogens with zero attached hydrogens (tertiary/aromatic N) is 1. The van der Waals surface area contributed by atoms with E-state index in [1.54, 1.807) is 24.3 Å². The molecule has 0 radical (unpaired) electrons. The molecule has 1 aromatic carbocycles. The Morgan fingerprint density at radius 1 is 1.26 bits per heavy atom. The number of likely N-dealkylation sites (tertiary alicyclic amines) is 1. The maximum atomic E-state index is 12.4. The van der Waals surface area contributed by atoms with Gasteiger partial charge in [-0.05, 0) is 6.42 Å². The number of aliphatic hydroxyl groups is 2. The Labute approximate surface area is 110 Å². The Kier molecular flexibility index (Phi) is 2.37. The highest BCUT2D eigenvalue weighted by Gasteiger charge is 2.71. The molecule has 0 saturated carbocycles. The molecule has 2 N–H and O–H groups in total. The zero-order chi connectivity index (χ0) is 13.8. The monoisotopic (exact) mass is 261 g/mol. The molecule has 1 aromatic rings. The van der Waals surface area contributed by atoms with Gasteiger partial charge in [0.2, 0.25) is 17.4 Å². The lowest BCUT2D eigenvalue weighted by atomic mass is 9.89. The van der Waals surface area contributed by atoms with E-state index in [0.717, 1.165) is 4.90 Å². The Balaban J connectivity index is 2.22. The fraction of sp³-hybridized carbons (Fsp3) is 0.429. The molecule has 5 heteroatoms. The molecule has 1 aliphatic carbocycles. The van der Waals surface area contributed by atoms with Gasteiger partial charge < -0.3 is 15.1 Å². The fourth-order valence-electron chi connectivity index (χ4n) is 3.17. The number of Topliss-reactive ketones (excluding diaryl/α,β-unsaturated/α-hetero) is 1. The van der Waals surface area contributed by atoms with Crippen molar-refractivity contribution in [3.05, 3.63) is 35.4 Å². The number of carbonyl (C=O) groups is 2. The van der Waals surface area contributed by atoms with E-state index < -0.39 is 23.0 Å². The summed E-state index contributed by atoms with van der Waals surface area (Å²) < 4.78 is 0. The first-order chi connectivity index (χ1) is 8.96. The van der Waals surface area contributed by atoms with Gasteiger partial charge in [0, 0.05) is 17.7 Å². The van der Waals surface area contributed by atoms with Gasteiger partial charge in [0.1, 0.15) is 0 Å². The maximum absolute atomic E-state index is 12.4. The zero-order valence-corrected chi connectivity index (χ0v) is 10.6. The summed E-state index contributed by atoms with van der Waals surface area (Å²) in [4.78, 5) is 25.5. The third-order valence-electron chi connectivity index (χ3n) is 4.06. The third-order valence-corrected chi connectivity index (χ3v) is 4.06. The summed E-state index contributed by atoms with van der Waals surface area (Å²) in [6.45, 7) is 2.10. The molecule has 100 valence electrons. The lowest BCUT2D eigenvalue weighted by molar-refractivity contribution is -0.166. The molecule has 1 saturated heterocycles. The summed E-state index contributed by atoms with van der Waals surface area (Å²) in [5.41, 5.74) is -3.34. The molecule has 0 spiro atoms. The molecule has 0 aromatic heterocycles. The predicted molar refractivity (Wildman–Crippen MR) is 66.2 cm³/mol. The van der Waals surface area contributed by atoms with Gasteiger partial charge in [-0.2, -0.15) is 0 Å². The first kappa shape index (κ1) is 12.3. The van der Waals surface area contributed by atoms with Crippen LogP contribution in [0, 0.1) is 0 Å². The number of benzene rings is 1. The quantitative estimate of drug-likeness (QED) is 0.808. The number of fused-ring (bicyclic) bond motifs is 3. The highest BCUT2D eigenvalue weighted by atomic mass is 16.4. The number of carbonyl (C=O) groups excluding carboxylic acids is 2. The smallest absolute Gasteiger partial charge is 0.239 e. The van der Waals surface area contributed by atoms with Gasteiger partial charge in [-0.3, -0.25) is 9.59 Å². The molecule has 0 bridgehead atoms. The van der Waals surface area contributed by atoms with Gasteiger partial charge in [0.05, 0.1) is 6.42 Å². The van der Waals surface area contributed by atoms with Crippen molar-refractivity contribution in [2.45, 2.75) is 31.1 Å². The minimum atomic E-state index is -2.15. The Morgan fingerprint density at radius 3 is 2.63 bits per heavy atom. The van der Waals surface area contributed by atoms with E-state index in [2.05, 4.69) is 0 Å². The van der Waals surface area contributed by atoms with Gasteiger partial charge in [-0.1, -0.05) is 31.2 Å². The van der Waals surface area contributed by atoms with Gasteiger partial charge >= 0.3 is 0 Å². The highest BCUT2D eigenvalue weighted by Crippen LogP contribution is 2.52. The molecule has 1 amide bonds. The van der Waals surface area contributed by atoms with Crippen molar-refractivity contribution < 1.29 is 19.8 Å². The second-order valence-electron chi connectivity index (χ2n) is 5.13. The Morgan fingerprint density at radius 2 is 1.95 bits per heavy atom. The minimum absolute atomic E-state index is 0.247. The van der Waals surface area contributed by atoms with Gasteiger partial charge in [-0.15, -0.1) is 0 Å². The van der Waals surface area contributed by atoms with Crippen molar-refractivity contribution >= 4 is 11.7 Å². The number of rotatable bonds is 2. The highest BCUT2D eigenvalue weighted by molar-refractivity contribution is 6.12. The van der Waals surface area contributed by atoms with Crippen LogP contribution in [0.3, 0.4) is 0 Å². The van der Waals surface area contributed by atoms with Gasteiger partial charge in [-0.25, -0.2) is 0 Å². The average molecular weight is 261 g/mol. The predicted octanol–water partition coefficient (Wildman–Crippen LogP) is 0.401. The van der Waals surface area contributed by atoms with E-state index in [-0.39, 0.29) is 13.0 Å².